The Bertz CT molecular complexity index is 1310. The average molecular weight is 455 g/mol. The van der Waals surface area contributed by atoms with Crippen LogP contribution in [0.1, 0.15) is 37.3 Å². The molecule has 2 heterocycles. The first-order chi connectivity index (χ1) is 16.6. The van der Waals surface area contributed by atoms with Crippen LogP contribution in [-0.2, 0) is 4.79 Å². The van der Waals surface area contributed by atoms with Gasteiger partial charge in [0.05, 0.1) is 6.04 Å². The number of aliphatic hydroxyl groups excluding tert-OH is 1. The molecule has 7 nitrogen and oxygen atoms in total. The van der Waals surface area contributed by atoms with Gasteiger partial charge in [-0.2, -0.15) is 0 Å². The lowest BCUT2D eigenvalue weighted by molar-refractivity contribution is -0.114. The van der Waals surface area contributed by atoms with Crippen LogP contribution in [0.5, 0.6) is 0 Å². The van der Waals surface area contributed by atoms with Gasteiger partial charge in [-0.15, -0.1) is 0 Å². The van der Waals surface area contributed by atoms with Gasteiger partial charge in [0.1, 0.15) is 11.3 Å². The second-order valence-electron chi connectivity index (χ2n) is 8.49. The molecule has 7 heteroatoms. The van der Waals surface area contributed by atoms with E-state index >= 15 is 0 Å². The van der Waals surface area contributed by atoms with Crippen molar-refractivity contribution in [2.24, 2.45) is 4.99 Å². The molecule has 2 aromatic carbocycles. The molecule has 0 bridgehead atoms. The Balaban J connectivity index is 1.63. The minimum Gasteiger partial charge on any atom is -0.510 e. The fourth-order valence-corrected chi connectivity index (χ4v) is 4.58. The van der Waals surface area contributed by atoms with Crippen molar-refractivity contribution in [2.45, 2.75) is 25.8 Å². The van der Waals surface area contributed by atoms with Gasteiger partial charge < -0.3 is 14.4 Å². The fourth-order valence-electron chi connectivity index (χ4n) is 4.58. The molecule has 1 aliphatic heterocycles. The summed E-state index contributed by atoms with van der Waals surface area (Å²) in [5.41, 5.74) is 5.13. The van der Waals surface area contributed by atoms with Crippen molar-refractivity contribution in [1.82, 2.24) is 14.8 Å². The van der Waals surface area contributed by atoms with Crippen molar-refractivity contribution >= 4 is 29.2 Å². The predicted molar refractivity (Wildman–Crippen MR) is 132 cm³/mol. The van der Waals surface area contributed by atoms with Gasteiger partial charge in [0.25, 0.3) is 0 Å². The number of guanidine groups is 1. The Morgan fingerprint density at radius 2 is 1.97 bits per heavy atom. The molecule has 0 saturated heterocycles. The van der Waals surface area contributed by atoms with Crippen molar-refractivity contribution in [1.29, 1.82) is 0 Å². The Morgan fingerprint density at radius 3 is 2.71 bits per heavy atom. The van der Waals surface area contributed by atoms with Gasteiger partial charge in [-0.25, -0.2) is 9.98 Å². The molecular formula is C27H26N4O3. The maximum Gasteiger partial charge on any atom is 0.249 e. The van der Waals surface area contributed by atoms with Crippen molar-refractivity contribution in [3.8, 4) is 0 Å². The topological polar surface area (TPSA) is 82.2 Å². The molecule has 1 aliphatic carbocycles. The molecule has 1 atom stereocenters. The maximum absolute atomic E-state index is 12.0. The lowest BCUT2D eigenvalue weighted by Gasteiger charge is -2.32. The number of fused-ring (bicyclic) bond motifs is 1. The highest BCUT2D eigenvalue weighted by atomic mass is 16.4. The van der Waals surface area contributed by atoms with Crippen LogP contribution in [0.25, 0.3) is 16.8 Å². The van der Waals surface area contributed by atoms with Crippen LogP contribution in [-0.4, -0.2) is 45.9 Å². The predicted octanol–water partition coefficient (Wildman–Crippen LogP) is 5.22. The Labute approximate surface area is 198 Å². The van der Waals surface area contributed by atoms with Crippen molar-refractivity contribution < 1.29 is 14.3 Å². The molecule has 1 aromatic heterocycles. The summed E-state index contributed by atoms with van der Waals surface area (Å²) in [7, 11) is 1.66. The standard InChI is InChI=1S/C27H26N4O3/c1-18(33)24(26-28-22-14-8-9-15-23(22)34-26)29-27(30(2)17-32)31-16-20-12-6-7-13-21(20)25(31)19-10-4-3-5-11-19/h3-5,7-11,13-15,17,25,33H,6,12,16H2,1-2H3/b24-18+,29-27?. The highest BCUT2D eigenvalue weighted by Gasteiger charge is 2.37. The van der Waals surface area contributed by atoms with Gasteiger partial charge in [-0.3, -0.25) is 9.69 Å². The van der Waals surface area contributed by atoms with Crippen molar-refractivity contribution in [2.75, 3.05) is 13.6 Å². The van der Waals surface area contributed by atoms with E-state index in [1.165, 1.54) is 23.0 Å². The highest BCUT2D eigenvalue weighted by molar-refractivity contribution is 5.94. The summed E-state index contributed by atoms with van der Waals surface area (Å²) in [4.78, 5) is 24.8. The van der Waals surface area contributed by atoms with E-state index in [2.05, 4.69) is 34.2 Å². The summed E-state index contributed by atoms with van der Waals surface area (Å²) >= 11 is 0. The first-order valence-corrected chi connectivity index (χ1v) is 11.3. The minimum atomic E-state index is -0.0993. The van der Waals surface area contributed by atoms with Crippen LogP contribution in [0.15, 0.2) is 93.1 Å². The summed E-state index contributed by atoms with van der Waals surface area (Å²) in [6.07, 6.45) is 7.07. The molecule has 172 valence electrons. The SMILES string of the molecule is C/C(O)=C(\N=C(N(C)C=O)N1CC2=C(C=CCC2)C1c1ccccc1)c1nc2ccccc2o1. The smallest absolute Gasteiger partial charge is 0.249 e. The van der Waals surface area contributed by atoms with Gasteiger partial charge >= 0.3 is 0 Å². The minimum absolute atomic E-state index is 0.0450. The molecule has 0 spiro atoms. The van der Waals surface area contributed by atoms with Gasteiger partial charge in [0, 0.05) is 13.6 Å². The monoisotopic (exact) mass is 454 g/mol. The Hall–Kier alpha value is -4.13. The van der Waals surface area contributed by atoms with Crippen LogP contribution in [0.4, 0.5) is 0 Å². The van der Waals surface area contributed by atoms with E-state index in [-0.39, 0.29) is 23.4 Å². The summed E-state index contributed by atoms with van der Waals surface area (Å²) in [5.74, 6) is 0.569. The number of allylic oxidation sites excluding steroid dienone is 2. The number of para-hydroxylation sites is 2. The van der Waals surface area contributed by atoms with Gasteiger partial charge in [0.15, 0.2) is 11.3 Å². The zero-order valence-corrected chi connectivity index (χ0v) is 19.2. The van der Waals surface area contributed by atoms with E-state index < -0.39 is 0 Å². The molecule has 34 heavy (non-hydrogen) atoms. The molecule has 0 fully saturated rings. The lowest BCUT2D eigenvalue weighted by atomic mass is 9.92. The number of benzene rings is 2. The van der Waals surface area contributed by atoms with Crippen LogP contribution in [0.2, 0.25) is 0 Å². The lowest BCUT2D eigenvalue weighted by Crippen LogP contribution is -2.42. The van der Waals surface area contributed by atoms with E-state index in [1.54, 1.807) is 7.05 Å². The molecule has 5 rings (SSSR count). The summed E-state index contributed by atoms with van der Waals surface area (Å²) in [6.45, 7) is 2.18. The van der Waals surface area contributed by atoms with E-state index in [1.807, 2.05) is 42.5 Å². The summed E-state index contributed by atoms with van der Waals surface area (Å²) in [6, 6.07) is 17.5. The van der Waals surface area contributed by atoms with Crippen molar-refractivity contribution in [3.63, 3.8) is 0 Å². The average Bonchev–Trinajstić information content (AvgIpc) is 3.46. The second kappa shape index (κ2) is 9.02. The van der Waals surface area contributed by atoms with Gasteiger partial charge in [-0.05, 0) is 48.6 Å². The van der Waals surface area contributed by atoms with Gasteiger partial charge in [0.2, 0.25) is 18.3 Å². The third kappa shape index (κ3) is 3.90. The number of carbonyl (C=O) groups is 1. The Kier molecular flexibility index (Phi) is 5.76. The quantitative estimate of drug-likeness (QED) is 0.253. The zero-order valence-electron chi connectivity index (χ0n) is 19.2. The third-order valence-electron chi connectivity index (χ3n) is 6.18. The highest BCUT2D eigenvalue weighted by Crippen LogP contribution is 2.42. The van der Waals surface area contributed by atoms with Crippen LogP contribution >= 0.6 is 0 Å². The zero-order chi connectivity index (χ0) is 23.7. The first kappa shape index (κ1) is 21.7. The molecular weight excluding hydrogens is 428 g/mol. The summed E-state index contributed by atoms with van der Waals surface area (Å²) in [5, 5.41) is 10.6. The Morgan fingerprint density at radius 1 is 1.21 bits per heavy atom. The molecule has 1 N–H and O–H groups in total. The molecule has 2 aliphatic rings. The fraction of sp³-hybridized carbons (Fsp3) is 0.222. The van der Waals surface area contributed by atoms with E-state index in [0.29, 0.717) is 23.6 Å². The van der Waals surface area contributed by atoms with E-state index in [9.17, 15) is 9.90 Å². The maximum atomic E-state index is 12.0. The van der Waals surface area contributed by atoms with Gasteiger partial charge in [-0.1, -0.05) is 54.6 Å². The number of carbonyl (C=O) groups excluding carboxylic acids is 1. The summed E-state index contributed by atoms with van der Waals surface area (Å²) < 4.78 is 5.89. The van der Waals surface area contributed by atoms with E-state index in [0.717, 1.165) is 24.8 Å². The number of rotatable bonds is 4. The first-order valence-electron chi connectivity index (χ1n) is 11.3. The number of nitrogens with zero attached hydrogens (tertiary/aromatic N) is 4. The second-order valence-corrected chi connectivity index (χ2v) is 8.49. The van der Waals surface area contributed by atoms with Crippen LogP contribution in [0, 0.1) is 0 Å². The van der Waals surface area contributed by atoms with Crippen molar-refractivity contribution in [3.05, 3.63) is 95.1 Å². The number of hydrogen-bond donors (Lipinski definition) is 1. The number of aromatic nitrogens is 1. The number of aliphatic imine (C=N–C) groups is 1. The number of oxazole rings is 1. The number of hydrogen-bond acceptors (Lipinski definition) is 5. The molecule has 3 aromatic rings. The molecule has 1 unspecified atom stereocenters. The largest absolute Gasteiger partial charge is 0.510 e. The molecule has 0 saturated carbocycles. The number of amides is 1. The molecule has 1 amide bonds. The molecule has 0 radical (unpaired) electrons. The van der Waals surface area contributed by atoms with Crippen LogP contribution < -0.4 is 0 Å². The van der Waals surface area contributed by atoms with Crippen LogP contribution in [0.3, 0.4) is 0 Å². The van der Waals surface area contributed by atoms with E-state index in [4.69, 9.17) is 9.41 Å². The number of aliphatic hydroxyl groups is 1. The third-order valence-corrected chi connectivity index (χ3v) is 6.18. The normalized spacial score (nSPS) is 18.8.